The van der Waals surface area contributed by atoms with Crippen molar-refractivity contribution in [2.45, 2.75) is 6.54 Å². The van der Waals surface area contributed by atoms with Gasteiger partial charge in [-0.3, -0.25) is 14.5 Å². The zero-order chi connectivity index (χ0) is 25.5. The molecule has 1 saturated heterocycles. The summed E-state index contributed by atoms with van der Waals surface area (Å²) in [4.78, 5) is 31.9. The van der Waals surface area contributed by atoms with Crippen LogP contribution in [0, 0.1) is 0 Å². The number of amides is 1. The van der Waals surface area contributed by atoms with Gasteiger partial charge in [0, 0.05) is 55.6 Å². The summed E-state index contributed by atoms with van der Waals surface area (Å²) < 4.78 is 3.15. The van der Waals surface area contributed by atoms with Crippen molar-refractivity contribution in [2.75, 3.05) is 26.2 Å². The fourth-order valence-corrected chi connectivity index (χ4v) is 5.36. The maximum absolute atomic E-state index is 14.0. The Balaban J connectivity index is 1.42. The normalized spacial score (nSPS) is 14.5. The lowest BCUT2D eigenvalue weighted by Gasteiger charge is -2.34. The lowest BCUT2D eigenvalue weighted by Crippen LogP contribution is -2.48. The van der Waals surface area contributed by atoms with E-state index in [-0.39, 0.29) is 17.2 Å². The number of hydrogen-bond acceptors (Lipinski definition) is 4. The third-order valence-electron chi connectivity index (χ3n) is 7.11. The van der Waals surface area contributed by atoms with Gasteiger partial charge in [-0.05, 0) is 29.8 Å². The van der Waals surface area contributed by atoms with E-state index in [2.05, 4.69) is 22.1 Å². The molecule has 37 heavy (non-hydrogen) atoms. The first kappa shape index (κ1) is 23.5. The number of hydrogen-bond donors (Lipinski definition) is 0. The Bertz CT molecular complexity index is 1670. The van der Waals surface area contributed by atoms with Gasteiger partial charge in [0.2, 0.25) is 0 Å². The highest BCUT2D eigenvalue weighted by atomic mass is 35.5. The van der Waals surface area contributed by atoms with Crippen LogP contribution in [0.3, 0.4) is 0 Å². The van der Waals surface area contributed by atoms with Crippen LogP contribution in [-0.2, 0) is 13.6 Å². The van der Waals surface area contributed by atoms with Gasteiger partial charge in [-0.1, -0.05) is 66.2 Å². The van der Waals surface area contributed by atoms with Crippen molar-refractivity contribution in [1.29, 1.82) is 0 Å². The van der Waals surface area contributed by atoms with Crippen LogP contribution in [0.25, 0.3) is 27.5 Å². The van der Waals surface area contributed by atoms with E-state index in [0.717, 1.165) is 30.5 Å². The fourth-order valence-electron chi connectivity index (χ4n) is 5.19. The van der Waals surface area contributed by atoms with Crippen LogP contribution in [0.4, 0.5) is 0 Å². The average Bonchev–Trinajstić information content (AvgIpc) is 3.22. The van der Waals surface area contributed by atoms with E-state index in [4.69, 9.17) is 11.6 Å². The van der Waals surface area contributed by atoms with Crippen molar-refractivity contribution in [3.63, 3.8) is 0 Å². The number of carbonyl (C=O) groups excluding carboxylic acids is 1. The Morgan fingerprint density at radius 2 is 1.59 bits per heavy atom. The number of piperazine rings is 1. The van der Waals surface area contributed by atoms with E-state index in [1.54, 1.807) is 6.07 Å². The van der Waals surface area contributed by atoms with Crippen LogP contribution in [0.2, 0.25) is 5.02 Å². The molecule has 0 N–H and O–H groups in total. The van der Waals surface area contributed by atoms with Crippen LogP contribution in [0.15, 0.2) is 83.7 Å². The van der Waals surface area contributed by atoms with Gasteiger partial charge in [-0.25, -0.2) is 0 Å². The van der Waals surface area contributed by atoms with Crippen molar-refractivity contribution >= 4 is 39.3 Å². The molecule has 1 aliphatic rings. The maximum atomic E-state index is 14.0. The SMILES string of the molecule is Cn1c2cc(Cl)ccc2c2c(C(=O)N3CCN(Cc4ccccc4)CC3)nn(-c3ccccc3)c(=O)c21. The first-order chi connectivity index (χ1) is 18.0. The Labute approximate surface area is 219 Å². The molecule has 0 radical (unpaired) electrons. The Morgan fingerprint density at radius 3 is 2.30 bits per heavy atom. The van der Waals surface area contributed by atoms with Crippen molar-refractivity contribution in [1.82, 2.24) is 24.1 Å². The molecule has 7 nitrogen and oxygen atoms in total. The van der Waals surface area contributed by atoms with Crippen LogP contribution >= 0.6 is 11.6 Å². The smallest absolute Gasteiger partial charge is 0.296 e. The number of aromatic nitrogens is 3. The number of carbonyl (C=O) groups is 1. The second-order valence-corrected chi connectivity index (χ2v) is 9.84. The Morgan fingerprint density at radius 1 is 0.919 bits per heavy atom. The summed E-state index contributed by atoms with van der Waals surface area (Å²) in [6.07, 6.45) is 0. The number of benzene rings is 3. The molecule has 5 aromatic rings. The molecule has 0 atom stereocenters. The van der Waals surface area contributed by atoms with E-state index < -0.39 is 0 Å². The zero-order valence-electron chi connectivity index (χ0n) is 20.5. The summed E-state index contributed by atoms with van der Waals surface area (Å²) in [6, 6.07) is 25.0. The van der Waals surface area contributed by atoms with Crippen LogP contribution in [-0.4, -0.2) is 56.2 Å². The average molecular weight is 512 g/mol. The van der Waals surface area contributed by atoms with E-state index >= 15 is 0 Å². The minimum Gasteiger partial charge on any atom is -0.339 e. The summed E-state index contributed by atoms with van der Waals surface area (Å²) in [6.45, 7) is 3.58. The van der Waals surface area contributed by atoms with Crippen LogP contribution in [0.1, 0.15) is 16.1 Å². The molecule has 8 heteroatoms. The molecule has 0 bridgehead atoms. The standard InChI is InChI=1S/C29H26ClN5O2/c1-32-24-18-21(30)12-13-23(24)25-26(31-35(29(37)27(25)32)22-10-6-3-7-11-22)28(36)34-16-14-33(15-17-34)19-20-8-4-2-5-9-20/h2-13,18H,14-17,19H2,1H3. The minimum atomic E-state index is -0.278. The van der Waals surface area contributed by atoms with Gasteiger partial charge in [-0.2, -0.15) is 9.78 Å². The van der Waals surface area contributed by atoms with Crippen molar-refractivity contribution in [3.05, 3.63) is 105 Å². The summed E-state index contributed by atoms with van der Waals surface area (Å²) in [5.41, 5.74) is 3.09. The summed E-state index contributed by atoms with van der Waals surface area (Å²) in [7, 11) is 1.83. The van der Waals surface area contributed by atoms with Gasteiger partial charge >= 0.3 is 0 Å². The van der Waals surface area contributed by atoms with Gasteiger partial charge in [0.15, 0.2) is 5.69 Å². The van der Waals surface area contributed by atoms with Gasteiger partial charge in [0.1, 0.15) is 5.52 Å². The fraction of sp³-hybridized carbons (Fsp3) is 0.207. The monoisotopic (exact) mass is 511 g/mol. The van der Waals surface area contributed by atoms with Gasteiger partial charge in [-0.15, -0.1) is 0 Å². The number of aryl methyl sites for hydroxylation is 1. The molecule has 0 unspecified atom stereocenters. The van der Waals surface area contributed by atoms with Crippen molar-refractivity contribution < 1.29 is 4.79 Å². The molecule has 2 aromatic heterocycles. The minimum absolute atomic E-state index is 0.170. The number of fused-ring (bicyclic) bond motifs is 3. The van der Waals surface area contributed by atoms with Gasteiger partial charge < -0.3 is 9.47 Å². The molecule has 3 heterocycles. The molecule has 3 aromatic carbocycles. The predicted molar refractivity (Wildman–Crippen MR) is 146 cm³/mol. The Kier molecular flexibility index (Phi) is 6.02. The van der Waals surface area contributed by atoms with Gasteiger partial charge in [0.05, 0.1) is 11.2 Å². The first-order valence-electron chi connectivity index (χ1n) is 12.3. The molecule has 1 amide bonds. The molecule has 1 aliphatic heterocycles. The number of rotatable bonds is 4. The molecule has 0 aliphatic carbocycles. The van der Waals surface area contributed by atoms with Crippen LogP contribution < -0.4 is 5.56 Å². The predicted octanol–water partition coefficient (Wildman–Crippen LogP) is 4.49. The summed E-state index contributed by atoms with van der Waals surface area (Å²) >= 11 is 6.29. The number of nitrogens with zero attached hydrogens (tertiary/aromatic N) is 5. The van der Waals surface area contributed by atoms with E-state index in [1.165, 1.54) is 10.2 Å². The molecule has 0 saturated carbocycles. The van der Waals surface area contributed by atoms with E-state index in [9.17, 15) is 9.59 Å². The molecular weight excluding hydrogens is 486 g/mol. The maximum Gasteiger partial charge on any atom is 0.296 e. The lowest BCUT2D eigenvalue weighted by atomic mass is 10.1. The molecule has 186 valence electrons. The summed E-state index contributed by atoms with van der Waals surface area (Å²) in [5, 5.41) is 6.60. The summed E-state index contributed by atoms with van der Waals surface area (Å²) in [5.74, 6) is -0.170. The molecule has 0 spiro atoms. The topological polar surface area (TPSA) is 63.4 Å². The molecule has 1 fully saturated rings. The second-order valence-electron chi connectivity index (χ2n) is 9.40. The quantitative estimate of drug-likeness (QED) is 0.357. The molecule has 6 rings (SSSR count). The zero-order valence-corrected chi connectivity index (χ0v) is 21.2. The molecular formula is C29H26ClN5O2. The van der Waals surface area contributed by atoms with Gasteiger partial charge in [0.25, 0.3) is 11.5 Å². The third-order valence-corrected chi connectivity index (χ3v) is 7.34. The third kappa shape index (κ3) is 4.20. The van der Waals surface area contributed by atoms with Crippen LogP contribution in [0.5, 0.6) is 0 Å². The highest BCUT2D eigenvalue weighted by molar-refractivity contribution is 6.31. The van der Waals surface area contributed by atoms with E-state index in [1.807, 2.05) is 77.2 Å². The Hall–Kier alpha value is -3.94. The first-order valence-corrected chi connectivity index (χ1v) is 12.7. The highest BCUT2D eigenvalue weighted by Gasteiger charge is 2.29. The lowest BCUT2D eigenvalue weighted by molar-refractivity contribution is 0.0623. The largest absolute Gasteiger partial charge is 0.339 e. The number of halogens is 1. The van der Waals surface area contributed by atoms with E-state index in [0.29, 0.717) is 34.7 Å². The second kappa shape index (κ2) is 9.50. The highest BCUT2D eigenvalue weighted by Crippen LogP contribution is 2.31. The van der Waals surface area contributed by atoms with Crippen molar-refractivity contribution in [2.24, 2.45) is 7.05 Å². The number of para-hydroxylation sites is 1. The van der Waals surface area contributed by atoms with Crippen molar-refractivity contribution in [3.8, 4) is 5.69 Å².